The van der Waals surface area contributed by atoms with Crippen molar-refractivity contribution in [3.63, 3.8) is 0 Å². The second-order valence-electron chi connectivity index (χ2n) is 6.61. The third kappa shape index (κ3) is 4.90. The molecule has 0 N–H and O–H groups in total. The Morgan fingerprint density at radius 1 is 0.917 bits per heavy atom. The first-order chi connectivity index (χ1) is 11.5. The summed E-state index contributed by atoms with van der Waals surface area (Å²) in [4.78, 5) is 0. The van der Waals surface area contributed by atoms with Crippen molar-refractivity contribution in [2.45, 2.75) is 27.2 Å². The van der Waals surface area contributed by atoms with Gasteiger partial charge in [-0.3, -0.25) is 0 Å². The van der Waals surface area contributed by atoms with E-state index < -0.39 is 8.56 Å². The Labute approximate surface area is 147 Å². The van der Waals surface area contributed by atoms with Crippen molar-refractivity contribution in [1.82, 2.24) is 0 Å². The van der Waals surface area contributed by atoms with Crippen molar-refractivity contribution in [3.05, 3.63) is 72.8 Å². The van der Waals surface area contributed by atoms with Gasteiger partial charge in [-0.2, -0.15) is 0 Å². The molecule has 0 saturated carbocycles. The van der Waals surface area contributed by atoms with Gasteiger partial charge in [-0.15, -0.1) is 6.58 Å². The van der Waals surface area contributed by atoms with Gasteiger partial charge in [0.25, 0.3) is 0 Å². The standard InChI is InChI=1S/C21H28O2Si/c1-18(2)15-16-22-24(23-17-19(3)4,20-11-7-5-8-12-20)21-13-9-6-10-14-21/h5-14,19H,1,15-17H2,2-4H3. The molecule has 0 radical (unpaired) electrons. The molecular weight excluding hydrogens is 312 g/mol. The highest BCUT2D eigenvalue weighted by Crippen LogP contribution is 2.13. The number of benzene rings is 2. The Kier molecular flexibility index (Phi) is 6.97. The van der Waals surface area contributed by atoms with E-state index in [0.717, 1.165) is 22.4 Å². The first-order valence-corrected chi connectivity index (χ1v) is 10.4. The van der Waals surface area contributed by atoms with E-state index >= 15 is 0 Å². The van der Waals surface area contributed by atoms with E-state index in [1.54, 1.807) is 0 Å². The first-order valence-electron chi connectivity index (χ1n) is 8.58. The Morgan fingerprint density at radius 3 is 1.83 bits per heavy atom. The van der Waals surface area contributed by atoms with Gasteiger partial charge >= 0.3 is 8.56 Å². The van der Waals surface area contributed by atoms with Crippen LogP contribution in [-0.4, -0.2) is 21.8 Å². The molecule has 2 rings (SSSR count). The lowest BCUT2D eigenvalue weighted by Crippen LogP contribution is -2.63. The second-order valence-corrected chi connectivity index (χ2v) is 9.57. The summed E-state index contributed by atoms with van der Waals surface area (Å²) in [7, 11) is -2.72. The summed E-state index contributed by atoms with van der Waals surface area (Å²) >= 11 is 0. The van der Waals surface area contributed by atoms with Crippen LogP contribution in [0.1, 0.15) is 27.2 Å². The third-order valence-electron chi connectivity index (χ3n) is 3.76. The minimum Gasteiger partial charge on any atom is -0.387 e. The van der Waals surface area contributed by atoms with Crippen LogP contribution in [-0.2, 0) is 8.85 Å². The fourth-order valence-corrected chi connectivity index (χ4v) is 5.81. The van der Waals surface area contributed by atoms with Crippen molar-refractivity contribution in [3.8, 4) is 0 Å². The summed E-state index contributed by atoms with van der Waals surface area (Å²) in [6.45, 7) is 11.7. The van der Waals surface area contributed by atoms with Gasteiger partial charge in [0, 0.05) is 13.2 Å². The summed E-state index contributed by atoms with van der Waals surface area (Å²) in [5.74, 6) is 0.453. The molecule has 0 spiro atoms. The molecule has 0 heterocycles. The van der Waals surface area contributed by atoms with Gasteiger partial charge in [-0.05, 0) is 29.6 Å². The zero-order chi connectivity index (χ0) is 17.4. The maximum absolute atomic E-state index is 6.53. The minimum atomic E-state index is -2.72. The summed E-state index contributed by atoms with van der Waals surface area (Å²) in [6, 6.07) is 20.8. The van der Waals surface area contributed by atoms with Crippen molar-refractivity contribution >= 4 is 18.9 Å². The van der Waals surface area contributed by atoms with Gasteiger partial charge in [0.1, 0.15) is 0 Å². The molecule has 0 aliphatic rings. The largest absolute Gasteiger partial charge is 0.407 e. The van der Waals surface area contributed by atoms with Crippen LogP contribution in [0.5, 0.6) is 0 Å². The monoisotopic (exact) mass is 340 g/mol. The van der Waals surface area contributed by atoms with Crippen LogP contribution in [0, 0.1) is 5.92 Å². The Balaban J connectivity index is 2.43. The number of hydrogen-bond acceptors (Lipinski definition) is 2. The van der Waals surface area contributed by atoms with E-state index in [1.165, 1.54) is 0 Å². The average Bonchev–Trinajstić information content (AvgIpc) is 2.59. The normalized spacial score (nSPS) is 11.7. The maximum Gasteiger partial charge on any atom is 0.407 e. The zero-order valence-electron chi connectivity index (χ0n) is 15.0. The highest BCUT2D eigenvalue weighted by molar-refractivity contribution is 6.92. The molecule has 0 bridgehead atoms. The van der Waals surface area contributed by atoms with Crippen LogP contribution in [0.4, 0.5) is 0 Å². The van der Waals surface area contributed by atoms with Crippen molar-refractivity contribution in [1.29, 1.82) is 0 Å². The number of hydrogen-bond donors (Lipinski definition) is 0. The minimum absolute atomic E-state index is 0.453. The molecule has 0 saturated heterocycles. The van der Waals surface area contributed by atoms with Crippen molar-refractivity contribution in [2.75, 3.05) is 13.2 Å². The van der Waals surface area contributed by atoms with E-state index in [0.29, 0.717) is 19.1 Å². The molecule has 0 atom stereocenters. The highest BCUT2D eigenvalue weighted by Gasteiger charge is 2.42. The van der Waals surface area contributed by atoms with Gasteiger partial charge < -0.3 is 8.85 Å². The number of rotatable bonds is 9. The molecule has 24 heavy (non-hydrogen) atoms. The topological polar surface area (TPSA) is 18.5 Å². The van der Waals surface area contributed by atoms with Crippen LogP contribution in [0.3, 0.4) is 0 Å². The Bertz CT molecular complexity index is 583. The molecule has 0 aliphatic heterocycles. The molecule has 2 aromatic rings. The maximum atomic E-state index is 6.53. The highest BCUT2D eigenvalue weighted by atomic mass is 28.4. The molecule has 128 valence electrons. The zero-order valence-corrected chi connectivity index (χ0v) is 16.0. The van der Waals surface area contributed by atoms with Gasteiger partial charge in [0.15, 0.2) is 0 Å². The quantitative estimate of drug-likeness (QED) is 0.509. The molecular formula is C21H28O2Si. The van der Waals surface area contributed by atoms with Crippen LogP contribution in [0.2, 0.25) is 0 Å². The predicted molar refractivity (Wildman–Crippen MR) is 104 cm³/mol. The van der Waals surface area contributed by atoms with E-state index in [9.17, 15) is 0 Å². The molecule has 3 heteroatoms. The van der Waals surface area contributed by atoms with Gasteiger partial charge in [-0.25, -0.2) is 0 Å². The van der Waals surface area contributed by atoms with Crippen LogP contribution in [0.15, 0.2) is 72.8 Å². The lowest BCUT2D eigenvalue weighted by atomic mass is 10.2. The molecule has 0 aromatic heterocycles. The smallest absolute Gasteiger partial charge is 0.387 e. The summed E-state index contributed by atoms with van der Waals surface area (Å²) in [5, 5.41) is 2.30. The SMILES string of the molecule is C=C(C)CCO[Si](OCC(C)C)(c1ccccc1)c1ccccc1. The third-order valence-corrected chi connectivity index (χ3v) is 7.13. The van der Waals surface area contributed by atoms with Crippen LogP contribution in [0.25, 0.3) is 0 Å². The predicted octanol–water partition coefficient (Wildman–Crippen LogP) is 3.90. The summed E-state index contributed by atoms with van der Waals surface area (Å²) < 4.78 is 13.1. The van der Waals surface area contributed by atoms with Crippen LogP contribution < -0.4 is 10.4 Å². The van der Waals surface area contributed by atoms with E-state index in [-0.39, 0.29) is 0 Å². The van der Waals surface area contributed by atoms with Gasteiger partial charge in [0.2, 0.25) is 0 Å². The average molecular weight is 341 g/mol. The molecule has 2 nitrogen and oxygen atoms in total. The summed E-state index contributed by atoms with van der Waals surface area (Å²) in [5.41, 5.74) is 1.13. The van der Waals surface area contributed by atoms with E-state index in [4.69, 9.17) is 8.85 Å². The molecule has 0 amide bonds. The van der Waals surface area contributed by atoms with Gasteiger partial charge in [0.05, 0.1) is 0 Å². The Morgan fingerprint density at radius 2 is 1.42 bits per heavy atom. The lowest BCUT2D eigenvalue weighted by Gasteiger charge is -2.32. The van der Waals surface area contributed by atoms with Crippen molar-refractivity contribution in [2.24, 2.45) is 5.92 Å². The van der Waals surface area contributed by atoms with Crippen LogP contribution >= 0.6 is 0 Å². The molecule has 0 aliphatic carbocycles. The second kappa shape index (κ2) is 8.97. The Hall–Kier alpha value is -1.68. The van der Waals surface area contributed by atoms with Crippen molar-refractivity contribution < 1.29 is 8.85 Å². The summed E-state index contributed by atoms with van der Waals surface area (Å²) in [6.07, 6.45) is 0.847. The fourth-order valence-electron chi connectivity index (χ4n) is 2.51. The molecule has 0 fully saturated rings. The first kappa shape index (κ1) is 18.7. The molecule has 2 aromatic carbocycles. The fraction of sp³-hybridized carbons (Fsp3) is 0.333. The molecule has 0 unspecified atom stereocenters. The van der Waals surface area contributed by atoms with Gasteiger partial charge in [-0.1, -0.05) is 80.1 Å². The van der Waals surface area contributed by atoms with E-state index in [1.807, 2.05) is 19.1 Å². The van der Waals surface area contributed by atoms with E-state index in [2.05, 4.69) is 69.0 Å². The lowest BCUT2D eigenvalue weighted by molar-refractivity contribution is 0.174.